The minimum Gasteiger partial charge on any atom is -0.319 e. The second kappa shape index (κ2) is 6.60. The number of imidazole rings is 1. The molecule has 0 radical (unpaired) electrons. The fourth-order valence-electron chi connectivity index (χ4n) is 2.53. The van der Waals surface area contributed by atoms with E-state index in [0.29, 0.717) is 17.8 Å². The van der Waals surface area contributed by atoms with Crippen LogP contribution in [-0.4, -0.2) is 15.3 Å². The number of nitrogens with one attached hydrogen (secondary N) is 1. The summed E-state index contributed by atoms with van der Waals surface area (Å²) in [5.41, 5.74) is -0.368. The number of amides is 1. The molecule has 0 unspecified atom stereocenters. The molecule has 2 heterocycles. The van der Waals surface area contributed by atoms with E-state index in [1.807, 2.05) is 0 Å². The summed E-state index contributed by atoms with van der Waals surface area (Å²) >= 11 is 5.90. The van der Waals surface area contributed by atoms with Crippen molar-refractivity contribution in [3.63, 3.8) is 0 Å². The second-order valence-electron chi connectivity index (χ2n) is 5.48. The lowest BCUT2D eigenvalue weighted by Crippen LogP contribution is -2.17. The Morgan fingerprint density at radius 2 is 2.00 bits per heavy atom. The quantitative estimate of drug-likeness (QED) is 0.648. The predicted molar refractivity (Wildman–Crippen MR) is 88.9 cm³/mol. The van der Waals surface area contributed by atoms with E-state index in [9.17, 15) is 22.4 Å². The highest BCUT2D eigenvalue weighted by Gasteiger charge is 2.31. The summed E-state index contributed by atoms with van der Waals surface area (Å²) in [4.78, 5) is 16.9. The molecule has 3 aromatic rings. The molecule has 136 valence electrons. The number of carbonyl (C=O) groups excluding carboxylic acids is 1. The minimum atomic E-state index is -4.58. The minimum absolute atomic E-state index is 0.0375. The van der Waals surface area contributed by atoms with Gasteiger partial charge in [0.05, 0.1) is 22.0 Å². The van der Waals surface area contributed by atoms with E-state index >= 15 is 0 Å². The summed E-state index contributed by atoms with van der Waals surface area (Å²) in [6, 6.07) is 5.22. The molecular formula is C17H12ClF4N3O. The van der Waals surface area contributed by atoms with Crippen LogP contribution in [-0.2, 0) is 12.6 Å². The molecule has 1 amide bonds. The Bertz CT molecular complexity index is 998. The molecule has 0 saturated heterocycles. The number of fused-ring (bicyclic) bond motifs is 1. The zero-order valence-electron chi connectivity index (χ0n) is 13.4. The number of anilines is 1. The maximum atomic E-state index is 13.5. The van der Waals surface area contributed by atoms with Crippen LogP contribution in [0.3, 0.4) is 0 Å². The van der Waals surface area contributed by atoms with Crippen molar-refractivity contribution in [3.8, 4) is 0 Å². The molecule has 1 N–H and O–H groups in total. The number of aryl methyl sites for hydroxylation is 1. The first-order valence-electron chi connectivity index (χ1n) is 7.55. The predicted octanol–water partition coefficient (Wildman–Crippen LogP) is 4.96. The zero-order valence-corrected chi connectivity index (χ0v) is 14.1. The van der Waals surface area contributed by atoms with Crippen LogP contribution in [0.25, 0.3) is 5.65 Å². The maximum Gasteiger partial charge on any atom is 0.416 e. The van der Waals surface area contributed by atoms with E-state index in [1.165, 1.54) is 16.5 Å². The number of rotatable bonds is 3. The van der Waals surface area contributed by atoms with E-state index in [1.54, 1.807) is 6.92 Å². The van der Waals surface area contributed by atoms with Crippen molar-refractivity contribution in [3.05, 3.63) is 64.3 Å². The molecule has 0 saturated carbocycles. The van der Waals surface area contributed by atoms with Crippen molar-refractivity contribution in [2.45, 2.75) is 19.5 Å². The number of alkyl halides is 3. The lowest BCUT2D eigenvalue weighted by atomic mass is 10.2. The van der Waals surface area contributed by atoms with E-state index in [-0.39, 0.29) is 16.4 Å². The van der Waals surface area contributed by atoms with Crippen molar-refractivity contribution >= 4 is 28.8 Å². The first kappa shape index (κ1) is 18.2. The highest BCUT2D eigenvalue weighted by Crippen LogP contribution is 2.34. The Hall–Kier alpha value is -2.61. The molecule has 0 spiro atoms. The summed E-state index contributed by atoms with van der Waals surface area (Å²) in [6.45, 7) is 1.76. The van der Waals surface area contributed by atoms with Gasteiger partial charge in [-0.3, -0.25) is 9.20 Å². The van der Waals surface area contributed by atoms with Gasteiger partial charge in [0.2, 0.25) is 0 Å². The molecular weight excluding hydrogens is 374 g/mol. The Morgan fingerprint density at radius 3 is 2.65 bits per heavy atom. The second-order valence-corrected chi connectivity index (χ2v) is 5.89. The first-order valence-corrected chi connectivity index (χ1v) is 7.93. The van der Waals surface area contributed by atoms with Gasteiger partial charge in [0.25, 0.3) is 5.91 Å². The SMILES string of the molecule is CCc1nc2ccc(F)cn2c1C(=O)Nc1cc(C(F)(F)F)ccc1Cl. The molecule has 0 bridgehead atoms. The van der Waals surface area contributed by atoms with Crippen LogP contribution in [0.15, 0.2) is 36.5 Å². The Morgan fingerprint density at radius 1 is 1.27 bits per heavy atom. The van der Waals surface area contributed by atoms with Gasteiger partial charge >= 0.3 is 6.18 Å². The Balaban J connectivity index is 2.04. The van der Waals surface area contributed by atoms with E-state index in [2.05, 4.69) is 10.3 Å². The van der Waals surface area contributed by atoms with Gasteiger partial charge in [-0.25, -0.2) is 9.37 Å². The number of nitrogens with zero attached hydrogens (tertiary/aromatic N) is 2. The molecule has 4 nitrogen and oxygen atoms in total. The average molecular weight is 386 g/mol. The number of aromatic nitrogens is 2. The summed E-state index contributed by atoms with van der Waals surface area (Å²) in [5.74, 6) is -1.31. The third-order valence-electron chi connectivity index (χ3n) is 3.75. The summed E-state index contributed by atoms with van der Waals surface area (Å²) in [5, 5.41) is 2.31. The number of halogens is 5. The van der Waals surface area contributed by atoms with Crippen LogP contribution in [0.1, 0.15) is 28.7 Å². The van der Waals surface area contributed by atoms with Crippen molar-refractivity contribution < 1.29 is 22.4 Å². The van der Waals surface area contributed by atoms with Gasteiger partial charge in [-0.05, 0) is 36.8 Å². The van der Waals surface area contributed by atoms with Crippen molar-refractivity contribution in [1.29, 1.82) is 0 Å². The normalized spacial score (nSPS) is 11.8. The third kappa shape index (κ3) is 3.37. The fourth-order valence-corrected chi connectivity index (χ4v) is 2.70. The van der Waals surface area contributed by atoms with E-state index < -0.39 is 23.5 Å². The van der Waals surface area contributed by atoms with Gasteiger partial charge < -0.3 is 5.32 Å². The van der Waals surface area contributed by atoms with E-state index in [0.717, 1.165) is 24.4 Å². The summed E-state index contributed by atoms with van der Waals surface area (Å²) in [6.07, 6.45) is -3.11. The van der Waals surface area contributed by atoms with Crippen molar-refractivity contribution in [2.24, 2.45) is 0 Å². The highest BCUT2D eigenvalue weighted by molar-refractivity contribution is 6.34. The largest absolute Gasteiger partial charge is 0.416 e. The molecule has 0 aliphatic heterocycles. The molecule has 2 aromatic heterocycles. The van der Waals surface area contributed by atoms with E-state index in [4.69, 9.17) is 11.6 Å². The fraction of sp³-hybridized carbons (Fsp3) is 0.176. The van der Waals surface area contributed by atoms with Crippen LogP contribution in [0.5, 0.6) is 0 Å². The third-order valence-corrected chi connectivity index (χ3v) is 4.08. The van der Waals surface area contributed by atoms with Gasteiger partial charge in [-0.2, -0.15) is 13.2 Å². The summed E-state index contributed by atoms with van der Waals surface area (Å²) in [7, 11) is 0. The van der Waals surface area contributed by atoms with Crippen LogP contribution >= 0.6 is 11.6 Å². The van der Waals surface area contributed by atoms with Gasteiger partial charge in [-0.1, -0.05) is 18.5 Å². The smallest absolute Gasteiger partial charge is 0.319 e. The van der Waals surface area contributed by atoms with Gasteiger partial charge in [0, 0.05) is 6.20 Å². The van der Waals surface area contributed by atoms with Gasteiger partial charge in [-0.15, -0.1) is 0 Å². The summed E-state index contributed by atoms with van der Waals surface area (Å²) < 4.78 is 53.4. The Labute approximate surface area is 150 Å². The van der Waals surface area contributed by atoms with Gasteiger partial charge in [0.15, 0.2) is 0 Å². The van der Waals surface area contributed by atoms with Crippen LogP contribution in [0.4, 0.5) is 23.2 Å². The number of hydrogen-bond acceptors (Lipinski definition) is 2. The number of hydrogen-bond donors (Lipinski definition) is 1. The maximum absolute atomic E-state index is 13.5. The number of pyridine rings is 1. The van der Waals surface area contributed by atoms with Crippen LogP contribution in [0.2, 0.25) is 5.02 Å². The molecule has 1 aromatic carbocycles. The first-order chi connectivity index (χ1) is 12.2. The molecule has 0 atom stereocenters. The van der Waals surface area contributed by atoms with Crippen LogP contribution < -0.4 is 5.32 Å². The van der Waals surface area contributed by atoms with Crippen LogP contribution in [0, 0.1) is 5.82 Å². The molecule has 9 heteroatoms. The number of carbonyl (C=O) groups is 1. The molecule has 0 aliphatic rings. The molecule has 0 fully saturated rings. The number of benzene rings is 1. The lowest BCUT2D eigenvalue weighted by Gasteiger charge is -2.12. The standard InChI is InChI=1S/C17H12ClF4N3O/c1-2-12-15(25-8-10(19)4-6-14(25)23-12)16(26)24-13-7-9(17(20,21)22)3-5-11(13)18/h3-8H,2H2,1H3,(H,24,26). The molecule has 3 rings (SSSR count). The van der Waals surface area contributed by atoms with Crippen molar-refractivity contribution in [1.82, 2.24) is 9.38 Å². The van der Waals surface area contributed by atoms with Gasteiger partial charge in [0.1, 0.15) is 17.2 Å². The lowest BCUT2D eigenvalue weighted by molar-refractivity contribution is -0.137. The molecule has 0 aliphatic carbocycles. The zero-order chi connectivity index (χ0) is 19.1. The topological polar surface area (TPSA) is 46.4 Å². The highest BCUT2D eigenvalue weighted by atomic mass is 35.5. The monoisotopic (exact) mass is 385 g/mol. The average Bonchev–Trinajstić information content (AvgIpc) is 2.93. The van der Waals surface area contributed by atoms with Crippen molar-refractivity contribution in [2.75, 3.05) is 5.32 Å². The Kier molecular flexibility index (Phi) is 4.62. The molecule has 26 heavy (non-hydrogen) atoms.